The highest BCUT2D eigenvalue weighted by atomic mass is 33.1. The summed E-state index contributed by atoms with van der Waals surface area (Å²) in [5.74, 6) is -19.9. The zero-order valence-electron chi connectivity index (χ0n) is 63.9. The van der Waals surface area contributed by atoms with E-state index in [4.69, 9.17) is 22.6 Å². The van der Waals surface area contributed by atoms with E-state index >= 15 is 14.4 Å². The molecule has 14 atom stereocenters. The maximum atomic E-state index is 15.2. The first kappa shape index (κ1) is 91.0. The van der Waals surface area contributed by atoms with Gasteiger partial charge in [0.15, 0.2) is 5.96 Å². The number of nitrogens with one attached hydrogen (secondary N) is 17. The topological polar surface area (TPSA) is 628 Å². The number of aromatic amines is 2. The molecule has 0 radical (unpaired) electrons. The smallest absolute Gasteiger partial charge is 0.305 e. The first-order valence-electron chi connectivity index (χ1n) is 36.7. The number of nitrogens with zero attached hydrogens (tertiary/aromatic N) is 1. The minimum Gasteiger partial charge on any atom is -0.481 e. The second-order valence-corrected chi connectivity index (χ2v) is 30.3. The Bertz CT molecular complexity index is 4290. The number of carbonyl (C=O) groups excluding carboxylic acids is 15. The highest BCUT2D eigenvalue weighted by molar-refractivity contribution is 8.76. The third kappa shape index (κ3) is 28.4. The molecule has 15 amide bonds. The van der Waals surface area contributed by atoms with Crippen LogP contribution in [0.3, 0.4) is 0 Å². The summed E-state index contributed by atoms with van der Waals surface area (Å²) in [5, 5.41) is 65.8. The fourth-order valence-corrected chi connectivity index (χ4v) is 14.3. The van der Waals surface area contributed by atoms with Crippen molar-refractivity contribution in [1.82, 2.24) is 89.4 Å². The number of aromatic nitrogens is 3. The first-order valence-corrected chi connectivity index (χ1v) is 39.2. The average molecular weight is 1620 g/mol. The summed E-state index contributed by atoms with van der Waals surface area (Å²) in [6, 6.07) is -0.970. The maximum Gasteiger partial charge on any atom is 0.305 e. The number of benzene rings is 3. The van der Waals surface area contributed by atoms with Crippen LogP contribution in [0.5, 0.6) is 0 Å². The van der Waals surface area contributed by atoms with Crippen molar-refractivity contribution < 1.29 is 86.9 Å². The minimum atomic E-state index is -2.06. The lowest BCUT2D eigenvalue weighted by atomic mass is 9.96. The van der Waals surface area contributed by atoms with Gasteiger partial charge < -0.3 is 112 Å². The number of carboxylic acids is 1. The summed E-state index contributed by atoms with van der Waals surface area (Å²) in [6.45, 7) is 9.12. The van der Waals surface area contributed by atoms with Gasteiger partial charge >= 0.3 is 5.97 Å². The van der Waals surface area contributed by atoms with Crippen LogP contribution < -0.4 is 91.6 Å². The zero-order chi connectivity index (χ0) is 84.0. The molecule has 25 N–H and O–H groups in total. The number of fused-ring (bicyclic) bond motifs is 2. The average Bonchev–Trinajstić information content (AvgIpc) is 0.918. The molecule has 1 fully saturated rings. The predicted octanol–water partition coefficient (Wildman–Crippen LogP) is -3.99. The molecule has 1 aliphatic heterocycles. The Morgan fingerprint density at radius 3 is 1.83 bits per heavy atom. The van der Waals surface area contributed by atoms with Crippen LogP contribution in [0.4, 0.5) is 0 Å². The Balaban J connectivity index is 1.48. The highest BCUT2D eigenvalue weighted by Gasteiger charge is 2.39. The van der Waals surface area contributed by atoms with E-state index in [1.165, 1.54) is 46.4 Å². The molecule has 0 spiro atoms. The molecule has 1 aliphatic rings. The number of aliphatic hydroxyl groups is 1. The second kappa shape index (κ2) is 44.4. The molecular formula is C73H101N21O18S2. The molecule has 0 unspecified atom stereocenters. The lowest BCUT2D eigenvalue weighted by molar-refractivity contribution is -0.141. The van der Waals surface area contributed by atoms with E-state index in [0.29, 0.717) is 39.2 Å². The molecule has 5 aromatic rings. The van der Waals surface area contributed by atoms with Crippen LogP contribution in [0.2, 0.25) is 0 Å². The molecule has 618 valence electrons. The molecule has 39 nitrogen and oxygen atoms in total. The number of H-pyrrole nitrogens is 2. The Morgan fingerprint density at radius 2 is 1.20 bits per heavy atom. The Hall–Kier alpha value is -11.9. The SMILES string of the molecule is CC[C@H](C)[C@H](NC(C)=O)C(=O)N[C@H]1CSSC[C@@H](C(=O)N[C@H](C(N)=O)[C@@H](C)O)NC(=O)[C@H](CCCNC(=N)N)NC(=O)[C@H](Cc2cnc[nH]2)NC(=O)[C@H](C)NC(=O)CNC(=O)[C@H](Cc2c[nH]c3ccccc23)NC(=O)[C@H](CC(=O)O)NC(=O)[C@H](CCC(N)=O)NC(=O)[C@H](Cc2cccc3ccccc23)NC(=O)[C@H](C(C)C)NC1=O. The first-order chi connectivity index (χ1) is 54.0. The summed E-state index contributed by atoms with van der Waals surface area (Å²) >= 11 is 0. The van der Waals surface area contributed by atoms with Crippen molar-refractivity contribution in [1.29, 1.82) is 5.41 Å². The van der Waals surface area contributed by atoms with E-state index in [1.807, 2.05) is 0 Å². The molecule has 3 aromatic carbocycles. The summed E-state index contributed by atoms with van der Waals surface area (Å²) < 4.78 is 0. The largest absolute Gasteiger partial charge is 0.481 e. The molecule has 0 saturated carbocycles. The van der Waals surface area contributed by atoms with E-state index in [2.05, 4.69) is 89.4 Å². The molecule has 114 heavy (non-hydrogen) atoms. The summed E-state index contributed by atoms with van der Waals surface area (Å²) in [7, 11) is 1.65. The monoisotopic (exact) mass is 1620 g/mol. The number of nitrogens with two attached hydrogens (primary N) is 3. The lowest BCUT2D eigenvalue weighted by Gasteiger charge is -2.29. The van der Waals surface area contributed by atoms with Crippen molar-refractivity contribution in [2.24, 2.45) is 29.0 Å². The van der Waals surface area contributed by atoms with Crippen LogP contribution >= 0.6 is 21.6 Å². The number of imidazole rings is 1. The number of hydrogen-bond acceptors (Lipinski definition) is 21. The fraction of sp³-hybridized carbons (Fsp3) is 0.479. The molecule has 0 bridgehead atoms. The molecule has 41 heteroatoms. The van der Waals surface area contributed by atoms with Gasteiger partial charge in [-0.3, -0.25) is 82.1 Å². The number of guanidine groups is 1. The Kier molecular flexibility index (Phi) is 35.4. The summed E-state index contributed by atoms with van der Waals surface area (Å²) in [4.78, 5) is 236. The summed E-state index contributed by atoms with van der Waals surface area (Å²) in [5.41, 5.74) is 18.5. The van der Waals surface area contributed by atoms with Gasteiger partial charge in [0, 0.05) is 79.6 Å². The molecule has 3 heterocycles. The van der Waals surface area contributed by atoms with Gasteiger partial charge in [-0.25, -0.2) is 4.98 Å². The molecule has 2 aromatic heterocycles. The molecule has 1 saturated heterocycles. The van der Waals surface area contributed by atoms with E-state index in [9.17, 15) is 72.5 Å². The zero-order valence-corrected chi connectivity index (χ0v) is 65.5. The van der Waals surface area contributed by atoms with Crippen molar-refractivity contribution in [2.45, 2.75) is 185 Å². The predicted molar refractivity (Wildman–Crippen MR) is 419 cm³/mol. The van der Waals surface area contributed by atoms with Crippen molar-refractivity contribution in [3.05, 3.63) is 102 Å². The number of rotatable bonds is 25. The minimum absolute atomic E-state index is 0.00256. The van der Waals surface area contributed by atoms with Crippen LogP contribution in [-0.2, 0) is 96.0 Å². The van der Waals surface area contributed by atoms with Gasteiger partial charge in [0.2, 0.25) is 88.6 Å². The number of carboxylic acid groups (broad SMARTS) is 1. The number of hydrogen-bond donors (Lipinski definition) is 22. The Morgan fingerprint density at radius 1 is 0.623 bits per heavy atom. The van der Waals surface area contributed by atoms with Crippen molar-refractivity contribution in [2.75, 3.05) is 24.6 Å². The third-order valence-electron chi connectivity index (χ3n) is 18.4. The van der Waals surface area contributed by atoms with Gasteiger partial charge in [-0.05, 0) is 72.9 Å². The van der Waals surface area contributed by atoms with Gasteiger partial charge in [0.05, 0.1) is 25.4 Å². The number of para-hydroxylation sites is 1. The number of primary amides is 2. The van der Waals surface area contributed by atoms with Crippen molar-refractivity contribution in [3.8, 4) is 0 Å². The number of amides is 15. The standard InChI is InChI=1S/C73H101N21O18S2/c1-8-36(4)59(84-39(7)96)72(112)92-54-33-114-113-32-53(70(110)94-60(38(6)95)61(75)101)91-64(104)47(21-14-24-79-73(76)77)85-67(107)51(27-43-30-78-34-82-43)87-62(102)37(5)83-56(98)31-81-63(103)49(26-42-29-80-46-20-12-11-19-45(42)46)88-68(108)52(28-57(99)100)89-65(105)48(22-23-55(74)97)86-66(106)50(90-71(111)58(35(2)3)93-69(54)109)25-41-17-13-16-40-15-9-10-18-44(40)41/h9-13,15-20,29-30,34-38,47-54,58-60,80,95H,8,14,21-28,31-33H2,1-7H3,(H2,74,97)(H2,75,101)(H,78,82)(H,81,103)(H,83,98)(H,84,96)(H,85,107)(H,86,106)(H,87,102)(H,88,108)(H,89,105)(H,90,111)(H,91,104)(H,92,112)(H,93,109)(H,94,110)(H,99,100)(H4,76,77,79)/t36-,37-,38+,47-,48-,49-,50-,51-,52-,53-,54-,58-,59-,60-/m0/s1. The van der Waals surface area contributed by atoms with Crippen LogP contribution in [0, 0.1) is 17.2 Å². The van der Waals surface area contributed by atoms with E-state index < -0.39 is 228 Å². The van der Waals surface area contributed by atoms with Gasteiger partial charge in [0.1, 0.15) is 72.5 Å². The van der Waals surface area contributed by atoms with Gasteiger partial charge in [-0.2, -0.15) is 0 Å². The van der Waals surface area contributed by atoms with Gasteiger partial charge in [0.25, 0.3) is 0 Å². The van der Waals surface area contributed by atoms with Crippen molar-refractivity contribution >= 4 is 144 Å². The quantitative estimate of drug-likeness (QED) is 0.0115. The van der Waals surface area contributed by atoms with E-state index in [1.54, 1.807) is 80.6 Å². The molecule has 6 rings (SSSR count). The summed E-state index contributed by atoms with van der Waals surface area (Å²) in [6.07, 6.45) is -0.737. The molecule has 0 aliphatic carbocycles. The van der Waals surface area contributed by atoms with Crippen LogP contribution in [0.15, 0.2) is 85.5 Å². The number of carbonyl (C=O) groups is 16. The molecular weight excluding hydrogens is 1520 g/mol. The van der Waals surface area contributed by atoms with E-state index in [-0.39, 0.29) is 44.3 Å². The van der Waals surface area contributed by atoms with Gasteiger partial charge in [-0.15, -0.1) is 0 Å². The lowest BCUT2D eigenvalue weighted by Crippen LogP contribution is -2.61. The van der Waals surface area contributed by atoms with Gasteiger partial charge in [-0.1, -0.05) is 116 Å². The Labute approximate surface area is 663 Å². The van der Waals surface area contributed by atoms with Crippen LogP contribution in [-0.4, -0.2) is 229 Å². The number of aliphatic carboxylic acids is 1. The highest BCUT2D eigenvalue weighted by Crippen LogP contribution is 2.26. The second-order valence-electron chi connectivity index (χ2n) is 27.8. The van der Waals surface area contributed by atoms with E-state index in [0.717, 1.165) is 28.5 Å². The number of aliphatic hydroxyl groups excluding tert-OH is 1. The fourth-order valence-electron chi connectivity index (χ4n) is 12.0. The van der Waals surface area contributed by atoms with Crippen LogP contribution in [0.1, 0.15) is 104 Å². The normalized spacial score (nSPS) is 22.5. The van der Waals surface area contributed by atoms with Crippen molar-refractivity contribution in [3.63, 3.8) is 0 Å². The third-order valence-corrected chi connectivity index (χ3v) is 20.8. The maximum absolute atomic E-state index is 15.2. The van der Waals surface area contributed by atoms with Crippen LogP contribution in [0.25, 0.3) is 21.7 Å².